The van der Waals surface area contributed by atoms with E-state index in [1.165, 1.54) is 11.5 Å². The maximum Gasteiger partial charge on any atom is 0.225 e. The number of piperidine rings is 1. The summed E-state index contributed by atoms with van der Waals surface area (Å²) >= 11 is 1.49. The maximum absolute atomic E-state index is 12.0. The van der Waals surface area contributed by atoms with Crippen molar-refractivity contribution < 1.29 is 4.79 Å². The molecule has 0 spiro atoms. The van der Waals surface area contributed by atoms with Gasteiger partial charge in [-0.2, -0.15) is 4.37 Å². The van der Waals surface area contributed by atoms with Gasteiger partial charge in [0.05, 0.1) is 0 Å². The van der Waals surface area contributed by atoms with Crippen molar-refractivity contribution in [2.24, 2.45) is 11.3 Å². The van der Waals surface area contributed by atoms with Crippen LogP contribution >= 0.6 is 11.5 Å². The molecule has 1 amide bonds. The number of nitrogens with zero attached hydrogens (tertiary/aromatic N) is 3. The largest absolute Gasteiger partial charge is 0.355 e. The van der Waals surface area contributed by atoms with Gasteiger partial charge in [-0.1, -0.05) is 41.5 Å². The third-order valence-corrected chi connectivity index (χ3v) is 4.89. The summed E-state index contributed by atoms with van der Waals surface area (Å²) in [7, 11) is 0. The smallest absolute Gasteiger partial charge is 0.225 e. The maximum atomic E-state index is 12.0. The monoisotopic (exact) mass is 338 g/mol. The van der Waals surface area contributed by atoms with E-state index in [4.69, 9.17) is 4.98 Å². The zero-order valence-electron chi connectivity index (χ0n) is 15.3. The number of nitrogens with one attached hydrogen (secondary N) is 1. The average molecular weight is 339 g/mol. The predicted molar refractivity (Wildman–Crippen MR) is 96.0 cm³/mol. The van der Waals surface area contributed by atoms with Gasteiger partial charge in [0.1, 0.15) is 5.82 Å². The Morgan fingerprint density at radius 3 is 2.57 bits per heavy atom. The van der Waals surface area contributed by atoms with E-state index in [9.17, 15) is 4.79 Å². The molecule has 130 valence electrons. The zero-order chi connectivity index (χ0) is 17.3. The number of aromatic nitrogens is 2. The molecule has 1 saturated heterocycles. The second-order valence-corrected chi connectivity index (χ2v) is 9.30. The van der Waals surface area contributed by atoms with Crippen molar-refractivity contribution in [3.63, 3.8) is 0 Å². The van der Waals surface area contributed by atoms with Crippen LogP contribution in [0.4, 0.5) is 5.13 Å². The van der Waals surface area contributed by atoms with Gasteiger partial charge in [0.15, 0.2) is 0 Å². The molecule has 0 aliphatic carbocycles. The van der Waals surface area contributed by atoms with Gasteiger partial charge in [-0.05, 0) is 18.8 Å². The molecule has 1 unspecified atom stereocenters. The Labute approximate surface area is 144 Å². The Morgan fingerprint density at radius 2 is 2.00 bits per heavy atom. The molecule has 2 rings (SSSR count). The lowest BCUT2D eigenvalue weighted by Crippen LogP contribution is -2.43. The molecular weight excluding hydrogens is 308 g/mol. The Bertz CT molecular complexity index is 542. The number of rotatable bonds is 3. The molecule has 1 N–H and O–H groups in total. The predicted octanol–water partition coefficient (Wildman–Crippen LogP) is 3.21. The first kappa shape index (κ1) is 18.2. The van der Waals surface area contributed by atoms with Gasteiger partial charge in [-0.15, -0.1) is 0 Å². The van der Waals surface area contributed by atoms with Crippen molar-refractivity contribution in [3.05, 3.63) is 5.82 Å². The van der Waals surface area contributed by atoms with Crippen molar-refractivity contribution in [1.29, 1.82) is 0 Å². The van der Waals surface area contributed by atoms with Gasteiger partial charge in [0, 0.05) is 42.0 Å². The van der Waals surface area contributed by atoms with Crippen LogP contribution in [0.15, 0.2) is 0 Å². The van der Waals surface area contributed by atoms with Crippen LogP contribution < -0.4 is 10.2 Å². The molecule has 23 heavy (non-hydrogen) atoms. The standard InChI is InChI=1S/C17H30N4OS/c1-16(2,3)13-19-15(23-20-13)21-9-7-8-12(11-21)10-18-14(22)17(4,5)6/h12H,7-11H2,1-6H3,(H,18,22). The van der Waals surface area contributed by atoms with Crippen molar-refractivity contribution in [3.8, 4) is 0 Å². The molecular formula is C17H30N4OS. The summed E-state index contributed by atoms with van der Waals surface area (Å²) in [5, 5.41) is 4.11. The quantitative estimate of drug-likeness (QED) is 0.919. The minimum atomic E-state index is -0.324. The van der Waals surface area contributed by atoms with E-state index >= 15 is 0 Å². The topological polar surface area (TPSA) is 58.1 Å². The van der Waals surface area contributed by atoms with Crippen molar-refractivity contribution >= 4 is 22.6 Å². The summed E-state index contributed by atoms with van der Waals surface area (Å²) in [6.45, 7) is 15.0. The van der Waals surface area contributed by atoms with E-state index in [0.29, 0.717) is 5.92 Å². The first-order valence-electron chi connectivity index (χ1n) is 8.45. The molecule has 2 heterocycles. The summed E-state index contributed by atoms with van der Waals surface area (Å²) in [5.74, 6) is 1.53. The lowest BCUT2D eigenvalue weighted by molar-refractivity contribution is -0.128. The summed E-state index contributed by atoms with van der Waals surface area (Å²) in [6.07, 6.45) is 2.30. The highest BCUT2D eigenvalue weighted by Crippen LogP contribution is 2.28. The molecule has 5 nitrogen and oxygen atoms in total. The van der Waals surface area contributed by atoms with Crippen LogP contribution in [0.5, 0.6) is 0 Å². The Balaban J connectivity index is 1.93. The highest BCUT2D eigenvalue weighted by molar-refractivity contribution is 7.09. The van der Waals surface area contributed by atoms with Crippen LogP contribution in [0, 0.1) is 11.3 Å². The number of hydrogen-bond donors (Lipinski definition) is 1. The Kier molecular flexibility index (Phi) is 5.33. The van der Waals surface area contributed by atoms with E-state index in [0.717, 1.165) is 43.4 Å². The van der Waals surface area contributed by atoms with Crippen LogP contribution in [0.25, 0.3) is 0 Å². The summed E-state index contributed by atoms with van der Waals surface area (Å²) in [5.41, 5.74) is -0.334. The van der Waals surface area contributed by atoms with Gasteiger partial charge in [-0.25, -0.2) is 4.98 Å². The van der Waals surface area contributed by atoms with Gasteiger partial charge in [0.25, 0.3) is 0 Å². The molecule has 0 saturated carbocycles. The van der Waals surface area contributed by atoms with Gasteiger partial charge >= 0.3 is 0 Å². The van der Waals surface area contributed by atoms with Crippen LogP contribution in [0.1, 0.15) is 60.2 Å². The van der Waals surface area contributed by atoms with Crippen LogP contribution in [0.3, 0.4) is 0 Å². The van der Waals surface area contributed by atoms with Crippen molar-refractivity contribution in [2.75, 3.05) is 24.5 Å². The van der Waals surface area contributed by atoms with Crippen LogP contribution in [-0.2, 0) is 10.2 Å². The average Bonchev–Trinajstić information content (AvgIpc) is 2.94. The van der Waals surface area contributed by atoms with E-state index in [1.54, 1.807) is 0 Å². The SMILES string of the molecule is CC(C)(C)C(=O)NCC1CCCN(c2nc(C(C)(C)C)ns2)C1. The fourth-order valence-corrected chi connectivity index (χ4v) is 3.45. The second-order valence-electron chi connectivity index (χ2n) is 8.56. The molecule has 1 fully saturated rings. The lowest BCUT2D eigenvalue weighted by atomic mass is 9.94. The van der Waals surface area contributed by atoms with E-state index in [-0.39, 0.29) is 16.7 Å². The highest BCUT2D eigenvalue weighted by atomic mass is 32.1. The molecule has 0 aromatic carbocycles. The summed E-state index contributed by atoms with van der Waals surface area (Å²) in [6, 6.07) is 0. The van der Waals surface area contributed by atoms with Crippen molar-refractivity contribution in [1.82, 2.24) is 14.7 Å². The number of carbonyl (C=O) groups excluding carboxylic acids is 1. The number of amides is 1. The zero-order valence-corrected chi connectivity index (χ0v) is 16.1. The minimum absolute atomic E-state index is 0.00930. The molecule has 1 aromatic rings. The Morgan fingerprint density at radius 1 is 1.30 bits per heavy atom. The molecule has 0 bridgehead atoms. The Hall–Kier alpha value is -1.17. The normalized spacial score (nSPS) is 19.7. The van der Waals surface area contributed by atoms with Gasteiger partial charge in [-0.3, -0.25) is 4.79 Å². The molecule has 1 aliphatic heterocycles. The molecule has 6 heteroatoms. The summed E-state index contributed by atoms with van der Waals surface area (Å²) < 4.78 is 4.51. The fraction of sp³-hybridized carbons (Fsp3) is 0.824. The number of carbonyl (C=O) groups is 1. The van der Waals surface area contributed by atoms with Gasteiger partial charge < -0.3 is 10.2 Å². The third kappa shape index (κ3) is 4.90. The number of anilines is 1. The first-order chi connectivity index (χ1) is 10.6. The lowest BCUT2D eigenvalue weighted by Gasteiger charge is -2.33. The molecule has 1 atom stereocenters. The third-order valence-electron chi connectivity index (χ3n) is 4.11. The first-order valence-corrected chi connectivity index (χ1v) is 9.22. The van der Waals surface area contributed by atoms with Crippen LogP contribution in [-0.4, -0.2) is 34.9 Å². The molecule has 0 radical (unpaired) electrons. The van der Waals surface area contributed by atoms with E-state index < -0.39 is 0 Å². The van der Waals surface area contributed by atoms with Gasteiger partial charge in [0.2, 0.25) is 11.0 Å². The second kappa shape index (κ2) is 6.75. The number of hydrogen-bond acceptors (Lipinski definition) is 5. The highest BCUT2D eigenvalue weighted by Gasteiger charge is 2.27. The molecule has 1 aliphatic rings. The fourth-order valence-electron chi connectivity index (χ4n) is 2.56. The van der Waals surface area contributed by atoms with E-state index in [2.05, 4.69) is 35.4 Å². The molecule has 1 aromatic heterocycles. The van der Waals surface area contributed by atoms with Crippen LogP contribution in [0.2, 0.25) is 0 Å². The summed E-state index contributed by atoms with van der Waals surface area (Å²) in [4.78, 5) is 19.1. The van der Waals surface area contributed by atoms with E-state index in [1.807, 2.05) is 20.8 Å². The van der Waals surface area contributed by atoms with Crippen molar-refractivity contribution in [2.45, 2.75) is 59.8 Å². The minimum Gasteiger partial charge on any atom is -0.355 e.